The third-order valence-electron chi connectivity index (χ3n) is 4.90. The van der Waals surface area contributed by atoms with Crippen molar-refractivity contribution < 1.29 is 14.7 Å². The molecule has 0 aliphatic heterocycles. The summed E-state index contributed by atoms with van der Waals surface area (Å²) in [6.07, 6.45) is 0. The van der Waals surface area contributed by atoms with Gasteiger partial charge in [-0.1, -0.05) is 30.3 Å². The number of nitrogens with zero attached hydrogens (tertiary/aromatic N) is 1. The van der Waals surface area contributed by atoms with Crippen molar-refractivity contribution in [1.29, 1.82) is 0 Å². The zero-order valence-corrected chi connectivity index (χ0v) is 16.6. The minimum atomic E-state index is -0.928. The van der Waals surface area contributed by atoms with E-state index in [0.717, 1.165) is 21.9 Å². The number of carbonyl (C=O) groups is 2. The lowest BCUT2D eigenvalue weighted by Crippen LogP contribution is -2.42. The standard InChI is InChI=1S/C24H25NO3/c1-15(2)25(16(3)4)23(26)18-7-5-17(6-8-18)19-9-10-21-14-22(24(27)28)12-11-20(21)13-19/h5-16H,1-4H3,(H,27,28). The van der Waals surface area contributed by atoms with Crippen LogP contribution in [0.3, 0.4) is 0 Å². The van der Waals surface area contributed by atoms with Gasteiger partial charge in [-0.15, -0.1) is 0 Å². The predicted molar refractivity (Wildman–Crippen MR) is 113 cm³/mol. The molecule has 4 nitrogen and oxygen atoms in total. The van der Waals surface area contributed by atoms with Crippen LogP contribution in [0.1, 0.15) is 48.4 Å². The van der Waals surface area contributed by atoms with E-state index >= 15 is 0 Å². The van der Waals surface area contributed by atoms with Gasteiger partial charge in [-0.2, -0.15) is 0 Å². The zero-order chi connectivity index (χ0) is 20.4. The van der Waals surface area contributed by atoms with Gasteiger partial charge >= 0.3 is 5.97 Å². The Morgan fingerprint density at radius 1 is 0.714 bits per heavy atom. The van der Waals surface area contributed by atoms with Gasteiger partial charge in [0.05, 0.1) is 5.56 Å². The molecule has 0 atom stereocenters. The van der Waals surface area contributed by atoms with E-state index in [-0.39, 0.29) is 23.6 Å². The molecule has 1 N–H and O–H groups in total. The first-order valence-corrected chi connectivity index (χ1v) is 9.48. The third kappa shape index (κ3) is 3.91. The van der Waals surface area contributed by atoms with Crippen LogP contribution in [0.2, 0.25) is 0 Å². The van der Waals surface area contributed by atoms with Gasteiger partial charge in [-0.05, 0) is 79.9 Å². The highest BCUT2D eigenvalue weighted by Crippen LogP contribution is 2.26. The summed E-state index contributed by atoms with van der Waals surface area (Å²) in [6, 6.07) is 19.0. The second-order valence-electron chi connectivity index (χ2n) is 7.56. The number of hydrogen-bond donors (Lipinski definition) is 1. The van der Waals surface area contributed by atoms with E-state index in [2.05, 4.69) is 0 Å². The maximum atomic E-state index is 12.8. The average Bonchev–Trinajstić information content (AvgIpc) is 2.66. The van der Waals surface area contributed by atoms with Gasteiger partial charge in [0.1, 0.15) is 0 Å². The summed E-state index contributed by atoms with van der Waals surface area (Å²) in [6.45, 7) is 8.10. The molecule has 0 unspecified atom stereocenters. The fourth-order valence-corrected chi connectivity index (χ4v) is 3.58. The molecule has 28 heavy (non-hydrogen) atoms. The topological polar surface area (TPSA) is 57.6 Å². The number of fused-ring (bicyclic) bond motifs is 1. The Morgan fingerprint density at radius 3 is 1.79 bits per heavy atom. The normalized spacial score (nSPS) is 11.2. The minimum absolute atomic E-state index is 0.0382. The number of carboxylic acid groups (broad SMARTS) is 1. The second-order valence-corrected chi connectivity index (χ2v) is 7.56. The lowest BCUT2D eigenvalue weighted by atomic mass is 9.99. The molecule has 1 amide bonds. The van der Waals surface area contributed by atoms with Gasteiger partial charge < -0.3 is 10.0 Å². The van der Waals surface area contributed by atoms with Gasteiger partial charge in [0.25, 0.3) is 5.91 Å². The van der Waals surface area contributed by atoms with Crippen LogP contribution in [-0.4, -0.2) is 34.0 Å². The third-order valence-corrected chi connectivity index (χ3v) is 4.90. The van der Waals surface area contributed by atoms with Crippen LogP contribution in [0.25, 0.3) is 21.9 Å². The number of benzene rings is 3. The molecular weight excluding hydrogens is 350 g/mol. The molecule has 0 aromatic heterocycles. The van der Waals surface area contributed by atoms with E-state index in [1.165, 1.54) is 0 Å². The molecule has 4 heteroatoms. The predicted octanol–water partition coefficient (Wildman–Crippen LogP) is 5.46. The summed E-state index contributed by atoms with van der Waals surface area (Å²) in [5, 5.41) is 11.0. The summed E-state index contributed by atoms with van der Waals surface area (Å²) < 4.78 is 0. The Hall–Kier alpha value is -3.14. The lowest BCUT2D eigenvalue weighted by Gasteiger charge is -2.30. The molecule has 0 saturated heterocycles. The van der Waals surface area contributed by atoms with Crippen LogP contribution in [0.4, 0.5) is 0 Å². The quantitative estimate of drug-likeness (QED) is 0.644. The summed E-state index contributed by atoms with van der Waals surface area (Å²) >= 11 is 0. The maximum Gasteiger partial charge on any atom is 0.335 e. The SMILES string of the molecule is CC(C)N(C(=O)c1ccc(-c2ccc3cc(C(=O)O)ccc3c2)cc1)C(C)C. The first-order valence-electron chi connectivity index (χ1n) is 9.48. The van der Waals surface area contributed by atoms with E-state index in [1.54, 1.807) is 12.1 Å². The van der Waals surface area contributed by atoms with E-state index in [4.69, 9.17) is 5.11 Å². The minimum Gasteiger partial charge on any atom is -0.478 e. The van der Waals surface area contributed by atoms with Gasteiger partial charge in [0, 0.05) is 17.6 Å². The van der Waals surface area contributed by atoms with Crippen molar-refractivity contribution in [1.82, 2.24) is 4.90 Å². The Balaban J connectivity index is 1.90. The molecule has 3 aromatic rings. The molecule has 3 rings (SSSR count). The summed E-state index contributed by atoms with van der Waals surface area (Å²) in [7, 11) is 0. The van der Waals surface area contributed by atoms with Crippen molar-refractivity contribution >= 4 is 22.6 Å². The van der Waals surface area contributed by atoms with Crippen LogP contribution >= 0.6 is 0 Å². The molecular formula is C24H25NO3. The van der Waals surface area contributed by atoms with E-state index in [1.807, 2.05) is 81.1 Å². The second kappa shape index (κ2) is 7.85. The average molecular weight is 375 g/mol. The van der Waals surface area contributed by atoms with Crippen molar-refractivity contribution in [2.75, 3.05) is 0 Å². The number of aromatic carboxylic acids is 1. The van der Waals surface area contributed by atoms with Crippen LogP contribution in [0, 0.1) is 0 Å². The van der Waals surface area contributed by atoms with Crippen LogP contribution < -0.4 is 0 Å². The molecule has 0 heterocycles. The first kappa shape index (κ1) is 19.6. The van der Waals surface area contributed by atoms with E-state index in [9.17, 15) is 9.59 Å². The fraction of sp³-hybridized carbons (Fsp3) is 0.250. The molecule has 0 aliphatic carbocycles. The number of carbonyl (C=O) groups excluding carboxylic acids is 1. The van der Waals surface area contributed by atoms with Crippen molar-refractivity contribution in [2.45, 2.75) is 39.8 Å². The van der Waals surface area contributed by atoms with Crippen LogP contribution in [0.5, 0.6) is 0 Å². The molecule has 0 fully saturated rings. The zero-order valence-electron chi connectivity index (χ0n) is 16.6. The lowest BCUT2D eigenvalue weighted by molar-refractivity contribution is 0.0642. The summed E-state index contributed by atoms with van der Waals surface area (Å²) in [5.41, 5.74) is 3.00. The highest BCUT2D eigenvalue weighted by molar-refractivity contribution is 5.97. The molecule has 0 aliphatic rings. The monoisotopic (exact) mass is 375 g/mol. The highest BCUT2D eigenvalue weighted by Gasteiger charge is 2.21. The Bertz CT molecular complexity index is 1010. The fourth-order valence-electron chi connectivity index (χ4n) is 3.58. The first-order chi connectivity index (χ1) is 13.3. The van der Waals surface area contributed by atoms with Crippen molar-refractivity contribution in [2.24, 2.45) is 0 Å². The summed E-state index contributed by atoms with van der Waals surface area (Å²) in [5.74, 6) is -0.890. The Labute approximate surface area is 165 Å². The highest BCUT2D eigenvalue weighted by atomic mass is 16.4. The van der Waals surface area contributed by atoms with Gasteiger partial charge in [-0.3, -0.25) is 4.79 Å². The molecule has 0 spiro atoms. The number of carboxylic acids is 1. The van der Waals surface area contributed by atoms with Crippen LogP contribution in [0.15, 0.2) is 60.7 Å². The molecule has 3 aromatic carbocycles. The largest absolute Gasteiger partial charge is 0.478 e. The van der Waals surface area contributed by atoms with E-state index < -0.39 is 5.97 Å². The van der Waals surface area contributed by atoms with Gasteiger partial charge in [0.2, 0.25) is 0 Å². The van der Waals surface area contributed by atoms with E-state index in [0.29, 0.717) is 5.56 Å². The van der Waals surface area contributed by atoms with Gasteiger partial charge in [0.15, 0.2) is 0 Å². The van der Waals surface area contributed by atoms with Crippen molar-refractivity contribution in [3.8, 4) is 11.1 Å². The molecule has 0 bridgehead atoms. The Kier molecular flexibility index (Phi) is 5.50. The number of rotatable bonds is 5. The smallest absolute Gasteiger partial charge is 0.335 e. The summed E-state index contributed by atoms with van der Waals surface area (Å²) in [4.78, 5) is 25.8. The number of amides is 1. The Morgan fingerprint density at radius 2 is 1.21 bits per heavy atom. The molecule has 0 saturated carbocycles. The van der Waals surface area contributed by atoms with Crippen molar-refractivity contribution in [3.05, 3.63) is 71.8 Å². The van der Waals surface area contributed by atoms with Crippen LogP contribution in [-0.2, 0) is 0 Å². The van der Waals surface area contributed by atoms with Crippen molar-refractivity contribution in [3.63, 3.8) is 0 Å². The van der Waals surface area contributed by atoms with Gasteiger partial charge in [-0.25, -0.2) is 4.79 Å². The number of hydrogen-bond acceptors (Lipinski definition) is 2. The molecule has 0 radical (unpaired) electrons. The maximum absolute atomic E-state index is 12.8. The molecule has 144 valence electrons.